The van der Waals surface area contributed by atoms with Crippen LogP contribution in [0, 0.1) is 0 Å². The Balaban J connectivity index is 1.46. The van der Waals surface area contributed by atoms with Crippen molar-refractivity contribution >= 4 is 28.4 Å². The summed E-state index contributed by atoms with van der Waals surface area (Å²) in [6, 6.07) is 19.5. The van der Waals surface area contributed by atoms with Gasteiger partial charge in [0, 0.05) is 11.8 Å². The van der Waals surface area contributed by atoms with E-state index in [1.807, 2.05) is 60.7 Å². The quantitative estimate of drug-likeness (QED) is 0.371. The second-order valence-corrected chi connectivity index (χ2v) is 6.84. The minimum atomic E-state index is 0.186. The molecule has 0 spiro atoms. The number of thiocarbonyl (C=S) groups is 1. The van der Waals surface area contributed by atoms with E-state index in [9.17, 15) is 0 Å². The molecule has 9 nitrogen and oxygen atoms in total. The van der Waals surface area contributed by atoms with Gasteiger partial charge in [-0.2, -0.15) is 9.36 Å². The zero-order valence-corrected chi connectivity index (χ0v) is 15.4. The predicted molar refractivity (Wildman–Crippen MR) is 102 cm³/mol. The summed E-state index contributed by atoms with van der Waals surface area (Å²) in [7, 11) is 0. The van der Waals surface area contributed by atoms with E-state index in [1.165, 1.54) is 4.68 Å². The maximum Gasteiger partial charge on any atom is 0.342 e. The van der Waals surface area contributed by atoms with Crippen molar-refractivity contribution in [3.63, 3.8) is 0 Å². The summed E-state index contributed by atoms with van der Waals surface area (Å²) in [5.41, 5.74) is 1.86. The Hall–Kier alpha value is -3.18. The molecule has 0 unspecified atom stereocenters. The molecule has 11 heteroatoms. The summed E-state index contributed by atoms with van der Waals surface area (Å²) >= 11 is 6.42. The van der Waals surface area contributed by atoms with E-state index in [4.69, 9.17) is 17.0 Å². The van der Waals surface area contributed by atoms with Crippen LogP contribution in [0.4, 0.5) is 0 Å². The van der Waals surface area contributed by atoms with Gasteiger partial charge in [-0.25, -0.2) is 0 Å². The van der Waals surface area contributed by atoms with Gasteiger partial charge < -0.3 is 4.74 Å². The van der Waals surface area contributed by atoms with Crippen LogP contribution in [0.1, 0.15) is 5.56 Å². The molecule has 0 bridgehead atoms. The van der Waals surface area contributed by atoms with Crippen LogP contribution in [-0.2, 0) is 6.54 Å². The highest BCUT2D eigenvalue weighted by molar-refractivity contribution is 8.22. The Bertz CT molecular complexity index is 1030. The highest BCUT2D eigenvalue weighted by Gasteiger charge is 2.16. The Morgan fingerprint density at radius 3 is 2.41 bits per heavy atom. The second-order valence-electron chi connectivity index (χ2n) is 5.27. The number of hydrogen-bond donors (Lipinski definition) is 0. The summed E-state index contributed by atoms with van der Waals surface area (Å²) in [4.78, 5) is 0. The standard InChI is InChI=1S/C16H12N8OS2/c26-16(27-15-18-20-22-24(15)13-9-5-2-6-10-13)25-14-17-19-21-23(14)11-12-7-3-1-4-8-12/h1-10H,11H2. The number of hydrogen-bond acceptors (Lipinski definition) is 9. The first-order chi connectivity index (χ1) is 13.3. The number of nitrogens with zero attached hydrogens (tertiary/aromatic N) is 8. The molecule has 27 heavy (non-hydrogen) atoms. The van der Waals surface area contributed by atoms with Crippen LogP contribution in [0.15, 0.2) is 65.8 Å². The average molecular weight is 396 g/mol. The molecule has 0 radical (unpaired) electrons. The molecule has 2 aromatic carbocycles. The normalized spacial score (nSPS) is 10.7. The van der Waals surface area contributed by atoms with E-state index in [-0.39, 0.29) is 10.4 Å². The lowest BCUT2D eigenvalue weighted by Crippen LogP contribution is -2.10. The molecule has 0 fully saturated rings. The first-order valence-corrected chi connectivity index (χ1v) is 9.05. The number of ether oxygens (including phenoxy) is 1. The fourth-order valence-corrected chi connectivity index (χ4v) is 3.14. The molecular formula is C16H12N8OS2. The van der Waals surface area contributed by atoms with Crippen molar-refractivity contribution in [3.05, 3.63) is 66.2 Å². The van der Waals surface area contributed by atoms with Crippen molar-refractivity contribution < 1.29 is 4.74 Å². The van der Waals surface area contributed by atoms with Crippen LogP contribution >= 0.6 is 24.0 Å². The molecular weight excluding hydrogens is 384 g/mol. The molecule has 0 aliphatic rings. The van der Waals surface area contributed by atoms with Gasteiger partial charge in [-0.05, 0) is 50.8 Å². The van der Waals surface area contributed by atoms with Gasteiger partial charge in [-0.1, -0.05) is 53.6 Å². The molecule has 134 valence electrons. The first-order valence-electron chi connectivity index (χ1n) is 7.83. The maximum absolute atomic E-state index is 5.63. The average Bonchev–Trinajstić information content (AvgIpc) is 3.33. The Morgan fingerprint density at radius 1 is 0.926 bits per heavy atom. The van der Waals surface area contributed by atoms with E-state index in [0.29, 0.717) is 11.7 Å². The van der Waals surface area contributed by atoms with Crippen LogP contribution in [0.3, 0.4) is 0 Å². The van der Waals surface area contributed by atoms with E-state index < -0.39 is 0 Å². The Kier molecular flexibility index (Phi) is 5.12. The van der Waals surface area contributed by atoms with Crippen LogP contribution in [0.25, 0.3) is 5.69 Å². The SMILES string of the molecule is S=C(Oc1nnnn1Cc1ccccc1)Sc1nnnn1-c1ccccc1. The molecule has 0 N–H and O–H groups in total. The van der Waals surface area contributed by atoms with Crippen LogP contribution < -0.4 is 4.74 Å². The lowest BCUT2D eigenvalue weighted by molar-refractivity contribution is 0.471. The minimum Gasteiger partial charge on any atom is -0.405 e. The van der Waals surface area contributed by atoms with Crippen molar-refractivity contribution in [2.75, 3.05) is 0 Å². The van der Waals surface area contributed by atoms with Crippen molar-refractivity contribution in [2.24, 2.45) is 0 Å². The minimum absolute atomic E-state index is 0.186. The number of para-hydroxylation sites is 1. The third-order valence-electron chi connectivity index (χ3n) is 3.47. The van der Waals surface area contributed by atoms with Crippen molar-refractivity contribution in [3.8, 4) is 11.7 Å². The first kappa shape index (κ1) is 17.2. The summed E-state index contributed by atoms with van der Waals surface area (Å²) in [5.74, 6) is 0. The number of rotatable bonds is 5. The molecule has 2 heterocycles. The topological polar surface area (TPSA) is 96.4 Å². The largest absolute Gasteiger partial charge is 0.405 e. The molecule has 0 amide bonds. The lowest BCUT2D eigenvalue weighted by Gasteiger charge is -2.07. The monoisotopic (exact) mass is 396 g/mol. The second kappa shape index (κ2) is 8.01. The number of aromatic nitrogens is 8. The summed E-state index contributed by atoms with van der Waals surface area (Å²) in [6.07, 6.45) is 0. The van der Waals surface area contributed by atoms with Crippen LogP contribution in [0.5, 0.6) is 6.01 Å². The van der Waals surface area contributed by atoms with E-state index >= 15 is 0 Å². The van der Waals surface area contributed by atoms with Gasteiger partial charge in [0.1, 0.15) is 0 Å². The Morgan fingerprint density at radius 2 is 1.63 bits per heavy atom. The summed E-state index contributed by atoms with van der Waals surface area (Å²) in [5, 5.41) is 23.6. The fourth-order valence-electron chi connectivity index (χ4n) is 2.27. The predicted octanol–water partition coefficient (Wildman–Crippen LogP) is 2.15. The highest BCUT2D eigenvalue weighted by Crippen LogP contribution is 2.21. The van der Waals surface area contributed by atoms with Gasteiger partial charge in [-0.3, -0.25) is 0 Å². The molecule has 0 saturated carbocycles. The van der Waals surface area contributed by atoms with Gasteiger partial charge in [0.15, 0.2) is 0 Å². The summed E-state index contributed by atoms with van der Waals surface area (Å²) < 4.78 is 8.93. The maximum atomic E-state index is 5.63. The number of benzene rings is 2. The summed E-state index contributed by atoms with van der Waals surface area (Å²) in [6.45, 7) is 0.470. The van der Waals surface area contributed by atoms with E-state index in [0.717, 1.165) is 23.0 Å². The van der Waals surface area contributed by atoms with E-state index in [1.54, 1.807) is 4.68 Å². The zero-order chi connectivity index (χ0) is 18.5. The smallest absolute Gasteiger partial charge is 0.342 e. The van der Waals surface area contributed by atoms with Crippen LogP contribution in [0.2, 0.25) is 0 Å². The van der Waals surface area contributed by atoms with Crippen molar-refractivity contribution in [1.82, 2.24) is 40.4 Å². The van der Waals surface area contributed by atoms with E-state index in [2.05, 4.69) is 31.1 Å². The molecule has 0 aliphatic heterocycles. The van der Waals surface area contributed by atoms with Gasteiger partial charge in [0.25, 0.3) is 0 Å². The molecule has 0 atom stereocenters. The molecule has 4 aromatic rings. The van der Waals surface area contributed by atoms with Crippen LogP contribution in [-0.4, -0.2) is 44.8 Å². The fraction of sp³-hybridized carbons (Fsp3) is 0.0625. The molecule has 2 aromatic heterocycles. The number of tetrazole rings is 2. The highest BCUT2D eigenvalue weighted by atomic mass is 32.2. The van der Waals surface area contributed by atoms with Gasteiger partial charge in [-0.15, -0.1) is 5.10 Å². The van der Waals surface area contributed by atoms with Gasteiger partial charge in [0.2, 0.25) is 9.54 Å². The third-order valence-corrected chi connectivity index (χ3v) is 4.49. The zero-order valence-electron chi connectivity index (χ0n) is 13.8. The van der Waals surface area contributed by atoms with Gasteiger partial charge in [0.05, 0.1) is 12.2 Å². The van der Waals surface area contributed by atoms with Crippen molar-refractivity contribution in [2.45, 2.75) is 11.7 Å². The van der Waals surface area contributed by atoms with Crippen molar-refractivity contribution in [1.29, 1.82) is 0 Å². The molecule has 0 saturated heterocycles. The third kappa shape index (κ3) is 4.15. The Labute approximate surface area is 163 Å². The molecule has 4 rings (SSSR count). The lowest BCUT2D eigenvalue weighted by atomic mass is 10.2. The number of thioether (sulfide) groups is 1. The van der Waals surface area contributed by atoms with Gasteiger partial charge >= 0.3 is 6.01 Å². The molecule has 0 aliphatic carbocycles.